The number of halogens is 3. The van der Waals surface area contributed by atoms with Crippen molar-refractivity contribution in [3.8, 4) is 0 Å². The first-order valence-electron chi connectivity index (χ1n) is 4.91. The van der Waals surface area contributed by atoms with Gasteiger partial charge in [0.25, 0.3) is 5.92 Å². The molecule has 0 atom stereocenters. The van der Waals surface area contributed by atoms with Gasteiger partial charge in [-0.05, 0) is 0 Å². The second kappa shape index (κ2) is 4.33. The normalized spacial score (nSPS) is 11.7. The Kier molecular flexibility index (Phi) is 3.02. The summed E-state index contributed by atoms with van der Waals surface area (Å²) in [5.41, 5.74) is 5.32. The third kappa shape index (κ3) is 2.55. The van der Waals surface area contributed by atoms with E-state index in [1.807, 2.05) is 0 Å². The Morgan fingerprint density at radius 1 is 1.29 bits per heavy atom. The molecule has 0 aliphatic rings. The largest absolute Gasteiger partial charge is 0.381 e. The Morgan fingerprint density at radius 2 is 1.94 bits per heavy atom. The van der Waals surface area contributed by atoms with Crippen LogP contribution in [-0.4, -0.2) is 9.78 Å². The molecule has 0 fully saturated rings. The van der Waals surface area contributed by atoms with E-state index in [0.29, 0.717) is 0 Å². The van der Waals surface area contributed by atoms with E-state index < -0.39 is 12.5 Å². The number of rotatable bonds is 3. The zero-order valence-corrected chi connectivity index (χ0v) is 9.53. The summed E-state index contributed by atoms with van der Waals surface area (Å²) in [5, 5.41) is 3.88. The van der Waals surface area contributed by atoms with Gasteiger partial charge in [-0.1, -0.05) is 41.9 Å². The van der Waals surface area contributed by atoms with Crippen LogP contribution in [0.2, 0.25) is 5.02 Å². The Balaban J connectivity index is 2.23. The predicted molar refractivity (Wildman–Crippen MR) is 62.0 cm³/mol. The van der Waals surface area contributed by atoms with Gasteiger partial charge in [-0.15, -0.1) is 0 Å². The minimum atomic E-state index is -3.01. The lowest BCUT2D eigenvalue weighted by molar-refractivity contribution is -0.0253. The maximum absolute atomic E-state index is 13.8. The van der Waals surface area contributed by atoms with E-state index in [2.05, 4.69) is 5.10 Å². The van der Waals surface area contributed by atoms with Crippen molar-refractivity contribution >= 4 is 17.4 Å². The molecule has 3 nitrogen and oxygen atoms in total. The van der Waals surface area contributed by atoms with Gasteiger partial charge < -0.3 is 5.73 Å². The smallest absolute Gasteiger partial charge is 0.292 e. The summed E-state index contributed by atoms with van der Waals surface area (Å²) in [5.74, 6) is -2.96. The summed E-state index contributed by atoms with van der Waals surface area (Å²) in [7, 11) is 0. The Bertz CT molecular complexity index is 491. The van der Waals surface area contributed by atoms with Crippen LogP contribution < -0.4 is 5.73 Å². The molecule has 2 N–H and O–H groups in total. The molecule has 0 aliphatic heterocycles. The van der Waals surface area contributed by atoms with E-state index in [-0.39, 0.29) is 16.4 Å². The molecule has 0 radical (unpaired) electrons. The average molecular weight is 258 g/mol. The van der Waals surface area contributed by atoms with Crippen LogP contribution >= 0.6 is 11.6 Å². The van der Waals surface area contributed by atoms with Gasteiger partial charge in [-0.3, -0.25) is 4.68 Å². The third-order valence-corrected chi connectivity index (χ3v) is 2.59. The molecular formula is C11H10ClF2N3. The SMILES string of the molecule is Nc1nn(CC(F)(F)c2ccccc2)cc1Cl. The maximum Gasteiger partial charge on any atom is 0.292 e. The number of nitrogen functional groups attached to an aromatic ring is 1. The van der Waals surface area contributed by atoms with Crippen molar-refractivity contribution in [1.29, 1.82) is 0 Å². The number of nitrogens with two attached hydrogens (primary N) is 1. The van der Waals surface area contributed by atoms with E-state index in [4.69, 9.17) is 17.3 Å². The molecule has 1 aromatic heterocycles. The van der Waals surface area contributed by atoms with E-state index >= 15 is 0 Å². The number of benzene rings is 1. The van der Waals surface area contributed by atoms with Gasteiger partial charge in [0.05, 0.1) is 0 Å². The zero-order chi connectivity index (χ0) is 12.5. The van der Waals surface area contributed by atoms with Crippen LogP contribution in [0.5, 0.6) is 0 Å². The van der Waals surface area contributed by atoms with Crippen LogP contribution in [0.3, 0.4) is 0 Å². The fourth-order valence-electron chi connectivity index (χ4n) is 1.47. The lowest BCUT2D eigenvalue weighted by Gasteiger charge is -2.16. The molecule has 0 unspecified atom stereocenters. The average Bonchev–Trinajstić information content (AvgIpc) is 2.58. The highest BCUT2D eigenvalue weighted by Crippen LogP contribution is 2.30. The van der Waals surface area contributed by atoms with E-state index in [0.717, 1.165) is 4.68 Å². The van der Waals surface area contributed by atoms with Crippen molar-refractivity contribution in [3.05, 3.63) is 47.1 Å². The summed E-state index contributed by atoms with van der Waals surface area (Å²) in [6.07, 6.45) is 1.29. The highest BCUT2D eigenvalue weighted by Gasteiger charge is 2.32. The number of hydrogen-bond acceptors (Lipinski definition) is 2. The molecule has 17 heavy (non-hydrogen) atoms. The Labute approximate surface area is 102 Å². The van der Waals surface area contributed by atoms with Gasteiger partial charge in [-0.25, -0.2) is 0 Å². The molecule has 0 amide bonds. The standard InChI is InChI=1S/C11H10ClF2N3/c12-9-6-17(16-10(9)15)7-11(13,14)8-4-2-1-3-5-8/h1-6H,7H2,(H2,15,16). The Morgan fingerprint density at radius 3 is 2.47 bits per heavy atom. The predicted octanol–water partition coefficient (Wildman–Crippen LogP) is 2.91. The second-order valence-corrected chi connectivity index (χ2v) is 4.04. The highest BCUT2D eigenvalue weighted by molar-refractivity contribution is 6.32. The topological polar surface area (TPSA) is 43.8 Å². The van der Waals surface area contributed by atoms with Crippen LogP contribution in [0.15, 0.2) is 36.5 Å². The van der Waals surface area contributed by atoms with Gasteiger partial charge in [0, 0.05) is 11.8 Å². The lowest BCUT2D eigenvalue weighted by Crippen LogP contribution is -2.21. The lowest BCUT2D eigenvalue weighted by atomic mass is 10.1. The molecule has 90 valence electrons. The van der Waals surface area contributed by atoms with Gasteiger partial charge in [0.1, 0.15) is 11.6 Å². The van der Waals surface area contributed by atoms with Crippen LogP contribution in [0, 0.1) is 0 Å². The summed E-state index contributed by atoms with van der Waals surface area (Å²) >= 11 is 5.65. The maximum atomic E-state index is 13.8. The van der Waals surface area contributed by atoms with Crippen LogP contribution in [0.1, 0.15) is 5.56 Å². The van der Waals surface area contributed by atoms with Crippen molar-refractivity contribution in [2.24, 2.45) is 0 Å². The quantitative estimate of drug-likeness (QED) is 0.919. The minimum absolute atomic E-state index is 0.0514. The number of alkyl halides is 2. The Hall–Kier alpha value is -1.62. The van der Waals surface area contributed by atoms with E-state index in [1.54, 1.807) is 18.2 Å². The number of anilines is 1. The van der Waals surface area contributed by atoms with Crippen molar-refractivity contribution in [1.82, 2.24) is 9.78 Å². The molecule has 0 bridgehead atoms. The van der Waals surface area contributed by atoms with Crippen molar-refractivity contribution < 1.29 is 8.78 Å². The molecule has 0 saturated carbocycles. The molecule has 2 rings (SSSR count). The fraction of sp³-hybridized carbons (Fsp3) is 0.182. The molecule has 2 aromatic rings. The van der Waals surface area contributed by atoms with E-state index in [9.17, 15) is 8.78 Å². The molecule has 1 aromatic carbocycles. The number of hydrogen-bond donors (Lipinski definition) is 1. The molecule has 0 saturated heterocycles. The van der Waals surface area contributed by atoms with Gasteiger partial charge in [-0.2, -0.15) is 13.9 Å². The summed E-state index contributed by atoms with van der Waals surface area (Å²) in [6.45, 7) is -0.589. The molecule has 0 spiro atoms. The first-order chi connectivity index (χ1) is 7.99. The summed E-state index contributed by atoms with van der Waals surface area (Å²) in [6, 6.07) is 7.55. The first kappa shape index (κ1) is 11.9. The second-order valence-electron chi connectivity index (χ2n) is 3.63. The monoisotopic (exact) mass is 257 g/mol. The molecule has 1 heterocycles. The van der Waals surface area contributed by atoms with Crippen LogP contribution in [0.4, 0.5) is 14.6 Å². The molecule has 6 heteroatoms. The molecule has 0 aliphatic carbocycles. The van der Waals surface area contributed by atoms with Crippen LogP contribution in [0.25, 0.3) is 0 Å². The fourth-order valence-corrected chi connectivity index (χ4v) is 1.62. The van der Waals surface area contributed by atoms with Gasteiger partial charge >= 0.3 is 0 Å². The third-order valence-electron chi connectivity index (χ3n) is 2.30. The van der Waals surface area contributed by atoms with Crippen molar-refractivity contribution in [2.45, 2.75) is 12.5 Å². The summed E-state index contributed by atoms with van der Waals surface area (Å²) in [4.78, 5) is 0. The van der Waals surface area contributed by atoms with Crippen molar-refractivity contribution in [3.63, 3.8) is 0 Å². The number of nitrogens with zero attached hydrogens (tertiary/aromatic N) is 2. The van der Waals surface area contributed by atoms with Crippen LogP contribution in [-0.2, 0) is 12.5 Å². The molecular weight excluding hydrogens is 248 g/mol. The zero-order valence-electron chi connectivity index (χ0n) is 8.78. The highest BCUT2D eigenvalue weighted by atomic mass is 35.5. The van der Waals surface area contributed by atoms with E-state index in [1.165, 1.54) is 18.3 Å². The minimum Gasteiger partial charge on any atom is -0.381 e. The van der Waals surface area contributed by atoms with Gasteiger partial charge in [0.15, 0.2) is 5.82 Å². The van der Waals surface area contributed by atoms with Crippen molar-refractivity contribution in [2.75, 3.05) is 5.73 Å². The van der Waals surface area contributed by atoms with Gasteiger partial charge in [0.2, 0.25) is 0 Å². The summed E-state index contributed by atoms with van der Waals surface area (Å²) < 4.78 is 28.7. The number of aromatic nitrogens is 2. The first-order valence-corrected chi connectivity index (χ1v) is 5.28.